The zero-order valence-corrected chi connectivity index (χ0v) is 11.8. The molecule has 0 radical (unpaired) electrons. The quantitative estimate of drug-likeness (QED) is 0.787. The Morgan fingerprint density at radius 1 is 1.53 bits per heavy atom. The van der Waals surface area contributed by atoms with Crippen molar-refractivity contribution in [2.24, 2.45) is 5.92 Å². The average molecular weight is 268 g/mol. The van der Waals surface area contributed by atoms with Gasteiger partial charge in [0.25, 0.3) is 0 Å². The highest BCUT2D eigenvalue weighted by atomic mass is 16.3. The largest absolute Gasteiger partial charge is 0.389 e. The minimum Gasteiger partial charge on any atom is -0.389 e. The number of hydrogen-bond acceptors (Lipinski definition) is 3. The molecule has 0 aromatic carbocycles. The molecule has 5 heteroatoms. The molecule has 0 unspecified atom stereocenters. The van der Waals surface area contributed by atoms with Crippen molar-refractivity contribution < 1.29 is 14.7 Å². The van der Waals surface area contributed by atoms with Gasteiger partial charge in [-0.25, -0.2) is 0 Å². The molecule has 108 valence electrons. The Kier molecular flexibility index (Phi) is 4.13. The van der Waals surface area contributed by atoms with Gasteiger partial charge >= 0.3 is 0 Å². The van der Waals surface area contributed by atoms with Gasteiger partial charge in [-0.15, -0.1) is 0 Å². The number of rotatable bonds is 4. The first-order valence-electron chi connectivity index (χ1n) is 7.21. The third kappa shape index (κ3) is 3.26. The number of piperazine rings is 1. The minimum absolute atomic E-state index is 0.0612. The molecule has 1 aliphatic heterocycles. The molecule has 1 heterocycles. The van der Waals surface area contributed by atoms with Crippen LogP contribution < -0.4 is 5.32 Å². The van der Waals surface area contributed by atoms with E-state index in [2.05, 4.69) is 5.32 Å². The number of carbonyl (C=O) groups excluding carboxylic acids is 2. The number of hydrogen-bond donors (Lipinski definition) is 2. The van der Waals surface area contributed by atoms with Gasteiger partial charge in [0, 0.05) is 13.1 Å². The van der Waals surface area contributed by atoms with Gasteiger partial charge in [0.1, 0.15) is 6.04 Å². The molecule has 1 atom stereocenters. The lowest BCUT2D eigenvalue weighted by molar-refractivity contribution is -0.150. The maximum atomic E-state index is 12.3. The van der Waals surface area contributed by atoms with Crippen LogP contribution in [-0.4, -0.2) is 46.6 Å². The van der Waals surface area contributed by atoms with Crippen molar-refractivity contribution in [3.8, 4) is 0 Å². The van der Waals surface area contributed by atoms with Gasteiger partial charge in [-0.2, -0.15) is 0 Å². The molecule has 2 amide bonds. The van der Waals surface area contributed by atoms with Crippen molar-refractivity contribution in [3.63, 3.8) is 0 Å². The minimum atomic E-state index is -0.812. The summed E-state index contributed by atoms with van der Waals surface area (Å²) in [5, 5.41) is 12.9. The standard InChI is InChI=1S/C14H24N2O3/c1-10(2)8-11-13(18)15-6-7-16(11)12(17)9-14(19)4-3-5-14/h10-11,19H,3-9H2,1-2H3,(H,15,18)/t11-/m1/s1. The summed E-state index contributed by atoms with van der Waals surface area (Å²) in [4.78, 5) is 25.9. The fourth-order valence-electron chi connectivity index (χ4n) is 2.84. The third-order valence-corrected chi connectivity index (χ3v) is 4.11. The SMILES string of the molecule is CC(C)C[C@@H]1C(=O)NCCN1C(=O)CC1(O)CCC1. The Hall–Kier alpha value is -1.10. The Morgan fingerprint density at radius 3 is 2.74 bits per heavy atom. The summed E-state index contributed by atoms with van der Waals surface area (Å²) in [6.07, 6.45) is 3.23. The van der Waals surface area contributed by atoms with E-state index in [1.165, 1.54) is 0 Å². The van der Waals surface area contributed by atoms with Crippen LogP contribution in [0.25, 0.3) is 0 Å². The molecule has 2 aliphatic rings. The average Bonchev–Trinajstić information content (AvgIpc) is 2.29. The molecule has 0 aromatic heterocycles. The zero-order chi connectivity index (χ0) is 14.0. The van der Waals surface area contributed by atoms with E-state index in [1.54, 1.807) is 4.90 Å². The molecule has 1 saturated heterocycles. The summed E-state index contributed by atoms with van der Waals surface area (Å²) >= 11 is 0. The molecular weight excluding hydrogens is 244 g/mol. The van der Waals surface area contributed by atoms with Crippen LogP contribution in [0.15, 0.2) is 0 Å². The van der Waals surface area contributed by atoms with Crippen LogP contribution in [0.1, 0.15) is 46.0 Å². The van der Waals surface area contributed by atoms with Gasteiger partial charge in [-0.1, -0.05) is 13.8 Å². The number of amides is 2. The van der Waals surface area contributed by atoms with Crippen LogP contribution in [0.2, 0.25) is 0 Å². The fourth-order valence-corrected chi connectivity index (χ4v) is 2.84. The Bertz CT molecular complexity index is 364. The lowest BCUT2D eigenvalue weighted by atomic mass is 9.77. The second-order valence-corrected chi connectivity index (χ2v) is 6.28. The molecule has 2 fully saturated rings. The van der Waals surface area contributed by atoms with Crippen LogP contribution >= 0.6 is 0 Å². The van der Waals surface area contributed by atoms with Crippen molar-refractivity contribution >= 4 is 11.8 Å². The predicted octanol–water partition coefficient (Wildman–Crippen LogP) is 0.665. The Morgan fingerprint density at radius 2 is 2.21 bits per heavy atom. The van der Waals surface area contributed by atoms with Crippen molar-refractivity contribution in [2.45, 2.75) is 57.6 Å². The predicted molar refractivity (Wildman–Crippen MR) is 71.4 cm³/mol. The number of nitrogens with one attached hydrogen (secondary N) is 1. The summed E-state index contributed by atoms with van der Waals surface area (Å²) in [5.74, 6) is 0.215. The van der Waals surface area contributed by atoms with Gasteiger partial charge in [-0.05, 0) is 31.6 Å². The highest BCUT2D eigenvalue weighted by Gasteiger charge is 2.40. The Labute approximate surface area is 114 Å². The monoisotopic (exact) mass is 268 g/mol. The van der Waals surface area contributed by atoms with E-state index in [1.807, 2.05) is 13.8 Å². The highest BCUT2D eigenvalue weighted by Crippen LogP contribution is 2.35. The van der Waals surface area contributed by atoms with Crippen LogP contribution in [0.4, 0.5) is 0 Å². The summed E-state index contributed by atoms with van der Waals surface area (Å²) in [6.45, 7) is 5.16. The lowest BCUT2D eigenvalue weighted by Crippen LogP contribution is -2.58. The van der Waals surface area contributed by atoms with Crippen molar-refractivity contribution in [1.29, 1.82) is 0 Å². The van der Waals surface area contributed by atoms with Crippen LogP contribution in [-0.2, 0) is 9.59 Å². The van der Waals surface area contributed by atoms with E-state index in [-0.39, 0.29) is 24.3 Å². The summed E-state index contributed by atoms with van der Waals surface area (Å²) in [5.41, 5.74) is -0.812. The normalized spacial score (nSPS) is 26.0. The van der Waals surface area contributed by atoms with Crippen molar-refractivity contribution in [1.82, 2.24) is 10.2 Å². The van der Waals surface area contributed by atoms with Crippen LogP contribution in [0, 0.1) is 5.92 Å². The van der Waals surface area contributed by atoms with Gasteiger partial charge in [0.15, 0.2) is 0 Å². The fraction of sp³-hybridized carbons (Fsp3) is 0.857. The van der Waals surface area contributed by atoms with Crippen molar-refractivity contribution in [3.05, 3.63) is 0 Å². The molecule has 19 heavy (non-hydrogen) atoms. The van der Waals surface area contributed by atoms with Gasteiger partial charge < -0.3 is 15.3 Å². The zero-order valence-electron chi connectivity index (χ0n) is 11.8. The van der Waals surface area contributed by atoms with E-state index in [4.69, 9.17) is 0 Å². The van der Waals surface area contributed by atoms with E-state index >= 15 is 0 Å². The second kappa shape index (κ2) is 5.49. The number of carbonyl (C=O) groups is 2. The molecule has 5 nitrogen and oxygen atoms in total. The van der Waals surface area contributed by atoms with E-state index in [0.29, 0.717) is 38.3 Å². The molecule has 0 aromatic rings. The molecule has 1 aliphatic carbocycles. The molecule has 2 rings (SSSR count). The smallest absolute Gasteiger partial charge is 0.242 e. The first-order valence-corrected chi connectivity index (χ1v) is 7.21. The molecule has 2 N–H and O–H groups in total. The second-order valence-electron chi connectivity index (χ2n) is 6.28. The van der Waals surface area contributed by atoms with E-state index < -0.39 is 5.60 Å². The maximum absolute atomic E-state index is 12.3. The number of nitrogens with zero attached hydrogens (tertiary/aromatic N) is 1. The highest BCUT2D eigenvalue weighted by molar-refractivity contribution is 5.89. The molecular formula is C14H24N2O3. The first-order chi connectivity index (χ1) is 8.91. The Balaban J connectivity index is 2.01. The van der Waals surface area contributed by atoms with Gasteiger partial charge in [0.05, 0.1) is 12.0 Å². The van der Waals surface area contributed by atoms with Gasteiger partial charge in [0.2, 0.25) is 11.8 Å². The van der Waals surface area contributed by atoms with Crippen LogP contribution in [0.5, 0.6) is 0 Å². The summed E-state index contributed by atoms with van der Waals surface area (Å²) < 4.78 is 0. The molecule has 0 spiro atoms. The van der Waals surface area contributed by atoms with E-state index in [0.717, 1.165) is 6.42 Å². The van der Waals surface area contributed by atoms with E-state index in [9.17, 15) is 14.7 Å². The maximum Gasteiger partial charge on any atom is 0.242 e. The molecule has 0 bridgehead atoms. The lowest BCUT2D eigenvalue weighted by Gasteiger charge is -2.41. The summed E-state index contributed by atoms with van der Waals surface area (Å²) in [6, 6.07) is -0.370. The topological polar surface area (TPSA) is 69.6 Å². The summed E-state index contributed by atoms with van der Waals surface area (Å²) in [7, 11) is 0. The molecule has 1 saturated carbocycles. The number of aliphatic hydroxyl groups is 1. The van der Waals surface area contributed by atoms with Crippen molar-refractivity contribution in [2.75, 3.05) is 13.1 Å². The van der Waals surface area contributed by atoms with Gasteiger partial charge in [-0.3, -0.25) is 9.59 Å². The van der Waals surface area contributed by atoms with Crippen LogP contribution in [0.3, 0.4) is 0 Å². The third-order valence-electron chi connectivity index (χ3n) is 4.11. The first kappa shape index (κ1) is 14.3.